The Hall–Kier alpha value is -1.32. The summed E-state index contributed by atoms with van der Waals surface area (Å²) in [4.78, 5) is 10.7. The average Bonchev–Trinajstić information content (AvgIpc) is 1.97. The van der Waals surface area contributed by atoms with E-state index in [0.29, 0.717) is 0 Å². The van der Waals surface area contributed by atoms with Crippen LogP contribution in [0.3, 0.4) is 0 Å². The highest BCUT2D eigenvalue weighted by atomic mass is 19.1. The Balaban J connectivity index is 3.32. The van der Waals surface area contributed by atoms with Crippen molar-refractivity contribution >= 4 is 0 Å². The van der Waals surface area contributed by atoms with Crippen LogP contribution in [0.15, 0.2) is 17.1 Å². The second-order valence-corrected chi connectivity index (χ2v) is 2.26. The number of alkyl halides is 1. The third-order valence-electron chi connectivity index (χ3n) is 1.46. The van der Waals surface area contributed by atoms with Gasteiger partial charge in [-0.3, -0.25) is 4.79 Å². The molecule has 1 aromatic rings. The minimum atomic E-state index is -0.702. The molecule has 3 nitrogen and oxygen atoms in total. The number of hydrogen-bond acceptors (Lipinski definition) is 2. The average molecular weight is 157 g/mol. The van der Waals surface area contributed by atoms with E-state index in [9.17, 15) is 9.18 Å². The summed E-state index contributed by atoms with van der Waals surface area (Å²) in [6, 6.07) is 1.08. The maximum Gasteiger partial charge on any atom is 0.223 e. The van der Waals surface area contributed by atoms with Gasteiger partial charge in [0.1, 0.15) is 6.67 Å². The lowest BCUT2D eigenvalue weighted by Crippen LogP contribution is -2.07. The first-order chi connectivity index (χ1) is 5.15. The molecule has 0 spiro atoms. The zero-order valence-corrected chi connectivity index (χ0v) is 6.04. The first-order valence-corrected chi connectivity index (χ1v) is 3.09. The minimum absolute atomic E-state index is 0.257. The molecule has 0 aromatic carbocycles. The summed E-state index contributed by atoms with van der Waals surface area (Å²) in [6.07, 6.45) is 1.19. The number of aryl methyl sites for hydroxylation is 1. The Kier molecular flexibility index (Phi) is 1.94. The van der Waals surface area contributed by atoms with Crippen molar-refractivity contribution in [2.75, 3.05) is 0 Å². The lowest BCUT2D eigenvalue weighted by Gasteiger charge is -2.03. The van der Waals surface area contributed by atoms with Crippen molar-refractivity contribution < 1.29 is 9.50 Å². The molecule has 1 rings (SSSR count). The lowest BCUT2D eigenvalue weighted by atomic mass is 10.3. The predicted molar refractivity (Wildman–Crippen MR) is 38.2 cm³/mol. The van der Waals surface area contributed by atoms with Gasteiger partial charge in [0.15, 0.2) is 5.75 Å². The van der Waals surface area contributed by atoms with E-state index >= 15 is 0 Å². The largest absolute Gasteiger partial charge is 0.503 e. The number of hydrogen-bond donors (Lipinski definition) is 1. The maximum absolute atomic E-state index is 12.1. The van der Waals surface area contributed by atoms with Gasteiger partial charge in [0, 0.05) is 19.3 Å². The van der Waals surface area contributed by atoms with E-state index in [4.69, 9.17) is 5.11 Å². The molecular weight excluding hydrogens is 149 g/mol. The molecule has 0 aliphatic rings. The van der Waals surface area contributed by atoms with E-state index in [1.807, 2.05) is 0 Å². The van der Waals surface area contributed by atoms with Gasteiger partial charge in [0.2, 0.25) is 5.43 Å². The van der Waals surface area contributed by atoms with Gasteiger partial charge in [-0.2, -0.15) is 0 Å². The number of nitrogens with zero attached hydrogens (tertiary/aromatic N) is 1. The second-order valence-electron chi connectivity index (χ2n) is 2.26. The molecule has 1 aromatic heterocycles. The second kappa shape index (κ2) is 2.74. The van der Waals surface area contributed by atoms with Crippen molar-refractivity contribution in [1.29, 1.82) is 0 Å². The van der Waals surface area contributed by atoms with Crippen molar-refractivity contribution in [3.63, 3.8) is 0 Å². The summed E-state index contributed by atoms with van der Waals surface area (Å²) in [5.74, 6) is -0.357. The normalized spacial score (nSPS) is 10.0. The third kappa shape index (κ3) is 1.39. The molecule has 0 saturated heterocycles. The number of aromatic nitrogens is 1. The van der Waals surface area contributed by atoms with E-state index in [0.717, 1.165) is 6.07 Å². The van der Waals surface area contributed by atoms with Gasteiger partial charge in [0.25, 0.3) is 0 Å². The molecule has 11 heavy (non-hydrogen) atoms. The topological polar surface area (TPSA) is 42.2 Å². The molecular formula is C7H8FNO2. The van der Waals surface area contributed by atoms with Crippen LogP contribution in [0.2, 0.25) is 0 Å². The molecule has 4 heteroatoms. The molecule has 60 valence electrons. The fourth-order valence-electron chi connectivity index (χ4n) is 0.790. The monoisotopic (exact) mass is 157 g/mol. The predicted octanol–water partition coefficient (Wildman–Crippen LogP) is 0.560. The summed E-state index contributed by atoms with van der Waals surface area (Å²) in [5, 5.41) is 8.86. The van der Waals surface area contributed by atoms with Gasteiger partial charge < -0.3 is 9.67 Å². The molecule has 0 saturated carbocycles. The van der Waals surface area contributed by atoms with Crippen molar-refractivity contribution in [3.05, 3.63) is 28.2 Å². The van der Waals surface area contributed by atoms with Gasteiger partial charge in [-0.25, -0.2) is 4.39 Å². The SMILES string of the molecule is Cn1cc(O)c(=O)cc1CF. The van der Waals surface area contributed by atoms with Crippen molar-refractivity contribution in [2.45, 2.75) is 6.67 Å². The molecule has 0 radical (unpaired) electrons. The first-order valence-electron chi connectivity index (χ1n) is 3.09. The van der Waals surface area contributed by atoms with Gasteiger partial charge >= 0.3 is 0 Å². The molecule has 1 N–H and O–H groups in total. The van der Waals surface area contributed by atoms with Crippen LogP contribution in [0.5, 0.6) is 5.75 Å². The first kappa shape index (κ1) is 7.78. The van der Waals surface area contributed by atoms with Crippen LogP contribution in [0.25, 0.3) is 0 Å². The summed E-state index contributed by atoms with van der Waals surface area (Å²) < 4.78 is 13.4. The summed E-state index contributed by atoms with van der Waals surface area (Å²) >= 11 is 0. The zero-order valence-electron chi connectivity index (χ0n) is 6.04. The van der Waals surface area contributed by atoms with E-state index in [1.165, 1.54) is 10.8 Å². The summed E-state index contributed by atoms with van der Waals surface area (Å²) in [7, 11) is 1.56. The molecule has 0 aliphatic heterocycles. The third-order valence-corrected chi connectivity index (χ3v) is 1.46. The van der Waals surface area contributed by atoms with E-state index in [1.54, 1.807) is 7.05 Å². The minimum Gasteiger partial charge on any atom is -0.503 e. The van der Waals surface area contributed by atoms with Crippen LogP contribution < -0.4 is 5.43 Å². The molecule has 0 aliphatic carbocycles. The smallest absolute Gasteiger partial charge is 0.223 e. The number of rotatable bonds is 1. The van der Waals surface area contributed by atoms with Crippen LogP contribution in [0, 0.1) is 0 Å². The van der Waals surface area contributed by atoms with Crippen LogP contribution in [-0.2, 0) is 13.7 Å². The van der Waals surface area contributed by atoms with Gasteiger partial charge in [-0.15, -0.1) is 0 Å². The Bertz CT molecular complexity index is 319. The molecule has 0 unspecified atom stereocenters. The molecule has 0 fully saturated rings. The highest BCUT2D eigenvalue weighted by molar-refractivity contribution is 5.19. The number of halogens is 1. The van der Waals surface area contributed by atoms with Crippen LogP contribution in [-0.4, -0.2) is 9.67 Å². The van der Waals surface area contributed by atoms with E-state index in [2.05, 4.69) is 0 Å². The van der Waals surface area contributed by atoms with Gasteiger partial charge in [0.05, 0.1) is 5.69 Å². The summed E-state index contributed by atoms with van der Waals surface area (Å²) in [5.41, 5.74) is -0.288. The number of aromatic hydroxyl groups is 1. The fourth-order valence-corrected chi connectivity index (χ4v) is 0.790. The van der Waals surface area contributed by atoms with Crippen molar-refractivity contribution in [3.8, 4) is 5.75 Å². The van der Waals surface area contributed by atoms with Crippen molar-refractivity contribution in [2.24, 2.45) is 7.05 Å². The zero-order chi connectivity index (χ0) is 8.43. The van der Waals surface area contributed by atoms with Gasteiger partial charge in [-0.05, 0) is 0 Å². The summed E-state index contributed by atoms with van der Waals surface area (Å²) in [6.45, 7) is -0.702. The molecule has 0 amide bonds. The van der Waals surface area contributed by atoms with Gasteiger partial charge in [-0.1, -0.05) is 0 Å². The van der Waals surface area contributed by atoms with E-state index in [-0.39, 0.29) is 11.4 Å². The Morgan fingerprint density at radius 3 is 2.91 bits per heavy atom. The standard InChI is InChI=1S/C7H8FNO2/c1-9-4-7(11)6(10)2-5(9)3-8/h2,4,11H,3H2,1H3. The highest BCUT2D eigenvalue weighted by Gasteiger charge is 2.00. The van der Waals surface area contributed by atoms with Crippen molar-refractivity contribution in [1.82, 2.24) is 4.57 Å². The fraction of sp³-hybridized carbons (Fsp3) is 0.286. The quantitative estimate of drug-likeness (QED) is 0.647. The van der Waals surface area contributed by atoms with E-state index < -0.39 is 12.1 Å². The maximum atomic E-state index is 12.1. The Labute approximate surface area is 62.7 Å². The molecule has 0 bridgehead atoms. The number of pyridine rings is 1. The van der Waals surface area contributed by atoms with Crippen LogP contribution >= 0.6 is 0 Å². The molecule has 1 heterocycles. The Morgan fingerprint density at radius 2 is 2.36 bits per heavy atom. The Morgan fingerprint density at radius 1 is 1.73 bits per heavy atom. The van der Waals surface area contributed by atoms with Crippen LogP contribution in [0.1, 0.15) is 5.69 Å². The lowest BCUT2D eigenvalue weighted by molar-refractivity contribution is 0.443. The highest BCUT2D eigenvalue weighted by Crippen LogP contribution is 2.03. The molecule has 0 atom stereocenters. The van der Waals surface area contributed by atoms with Crippen LogP contribution in [0.4, 0.5) is 4.39 Å².